The summed E-state index contributed by atoms with van der Waals surface area (Å²) in [6, 6.07) is 5.37. The van der Waals surface area contributed by atoms with E-state index in [-0.39, 0.29) is 12.5 Å². The van der Waals surface area contributed by atoms with E-state index in [1.165, 1.54) is 7.11 Å². The summed E-state index contributed by atoms with van der Waals surface area (Å²) in [5, 5.41) is 8.81. The van der Waals surface area contributed by atoms with Crippen LogP contribution in [0.3, 0.4) is 0 Å². The van der Waals surface area contributed by atoms with E-state index < -0.39 is 0 Å². The summed E-state index contributed by atoms with van der Waals surface area (Å²) >= 11 is 0. The number of nitriles is 1. The minimum Gasteiger partial charge on any atom is -0.468 e. The zero-order valence-corrected chi connectivity index (χ0v) is 9.52. The van der Waals surface area contributed by atoms with E-state index in [1.54, 1.807) is 31.0 Å². The molecular weight excluding hydrogens is 206 g/mol. The molecule has 0 aliphatic carbocycles. The highest BCUT2D eigenvalue weighted by molar-refractivity contribution is 5.75. The SMILES string of the molecule is COC(=O)CN(C)c1cc(C#N)cc(C)n1. The number of hydrogen-bond acceptors (Lipinski definition) is 5. The van der Waals surface area contributed by atoms with E-state index in [4.69, 9.17) is 5.26 Å². The molecule has 0 saturated heterocycles. The zero-order valence-electron chi connectivity index (χ0n) is 9.52. The lowest BCUT2D eigenvalue weighted by Gasteiger charge is -2.17. The maximum absolute atomic E-state index is 11.1. The molecule has 0 aliphatic rings. The second kappa shape index (κ2) is 5.12. The summed E-state index contributed by atoms with van der Waals surface area (Å²) in [5.41, 5.74) is 1.27. The molecule has 1 heterocycles. The monoisotopic (exact) mass is 219 g/mol. The third kappa shape index (κ3) is 2.95. The molecule has 0 fully saturated rings. The van der Waals surface area contributed by atoms with Gasteiger partial charge in [0.15, 0.2) is 0 Å². The highest BCUT2D eigenvalue weighted by atomic mass is 16.5. The first kappa shape index (κ1) is 12.0. The number of ether oxygens (including phenoxy) is 1. The van der Waals surface area contributed by atoms with Gasteiger partial charge in [-0.3, -0.25) is 4.79 Å². The molecule has 1 aromatic rings. The Bertz CT molecular complexity index is 437. The van der Waals surface area contributed by atoms with Crippen LogP contribution in [0.25, 0.3) is 0 Å². The standard InChI is InChI=1S/C11H13N3O2/c1-8-4-9(6-12)5-10(13-8)14(2)7-11(15)16-3/h4-5H,7H2,1-3H3. The van der Waals surface area contributed by atoms with E-state index in [0.29, 0.717) is 11.4 Å². The minimum absolute atomic E-state index is 0.109. The van der Waals surface area contributed by atoms with Gasteiger partial charge in [0.25, 0.3) is 0 Å². The number of pyridine rings is 1. The molecule has 1 aromatic heterocycles. The van der Waals surface area contributed by atoms with Crippen molar-refractivity contribution in [2.24, 2.45) is 0 Å². The average molecular weight is 219 g/mol. The number of aryl methyl sites for hydroxylation is 1. The van der Waals surface area contributed by atoms with Crippen LogP contribution in [-0.2, 0) is 9.53 Å². The molecule has 0 radical (unpaired) electrons. The number of carbonyl (C=O) groups is 1. The predicted octanol–water partition coefficient (Wildman–Crippen LogP) is 0.871. The van der Waals surface area contributed by atoms with Crippen LogP contribution in [0.2, 0.25) is 0 Å². The smallest absolute Gasteiger partial charge is 0.325 e. The Balaban J connectivity index is 2.91. The van der Waals surface area contributed by atoms with E-state index in [1.807, 2.05) is 6.07 Å². The van der Waals surface area contributed by atoms with Gasteiger partial charge in [-0.1, -0.05) is 0 Å². The lowest BCUT2D eigenvalue weighted by atomic mass is 10.2. The van der Waals surface area contributed by atoms with Crippen molar-refractivity contribution < 1.29 is 9.53 Å². The van der Waals surface area contributed by atoms with Crippen LogP contribution >= 0.6 is 0 Å². The number of anilines is 1. The van der Waals surface area contributed by atoms with Crippen molar-refractivity contribution in [2.45, 2.75) is 6.92 Å². The van der Waals surface area contributed by atoms with Gasteiger partial charge in [-0.2, -0.15) is 5.26 Å². The number of carbonyl (C=O) groups excluding carboxylic acids is 1. The molecule has 0 unspecified atom stereocenters. The summed E-state index contributed by atoms with van der Waals surface area (Å²) in [4.78, 5) is 17.0. The van der Waals surface area contributed by atoms with Crippen LogP contribution in [0.5, 0.6) is 0 Å². The minimum atomic E-state index is -0.343. The Labute approximate surface area is 94.3 Å². The molecule has 5 heteroatoms. The molecule has 0 N–H and O–H groups in total. The molecule has 1 rings (SSSR count). The van der Waals surface area contributed by atoms with Gasteiger partial charge in [-0.05, 0) is 19.1 Å². The Morgan fingerprint density at radius 2 is 2.31 bits per heavy atom. The third-order valence-electron chi connectivity index (χ3n) is 2.05. The molecule has 16 heavy (non-hydrogen) atoms. The fourth-order valence-electron chi connectivity index (χ4n) is 1.25. The number of methoxy groups -OCH3 is 1. The molecule has 0 atom stereocenters. The number of rotatable bonds is 3. The fourth-order valence-corrected chi connectivity index (χ4v) is 1.25. The van der Waals surface area contributed by atoms with Crippen molar-refractivity contribution in [3.05, 3.63) is 23.4 Å². The van der Waals surface area contributed by atoms with Crippen LogP contribution in [0, 0.1) is 18.3 Å². The second-order valence-electron chi connectivity index (χ2n) is 3.40. The molecule has 0 aliphatic heterocycles. The van der Waals surface area contributed by atoms with Crippen molar-refractivity contribution >= 4 is 11.8 Å². The van der Waals surface area contributed by atoms with Crippen molar-refractivity contribution in [3.63, 3.8) is 0 Å². The fraction of sp³-hybridized carbons (Fsp3) is 0.364. The van der Waals surface area contributed by atoms with Gasteiger partial charge >= 0.3 is 5.97 Å². The number of hydrogen-bond donors (Lipinski definition) is 0. The van der Waals surface area contributed by atoms with E-state index in [0.717, 1.165) is 5.69 Å². The Morgan fingerprint density at radius 3 is 2.88 bits per heavy atom. The molecule has 0 saturated carbocycles. The first-order valence-corrected chi connectivity index (χ1v) is 4.73. The summed E-state index contributed by atoms with van der Waals surface area (Å²) in [7, 11) is 3.06. The topological polar surface area (TPSA) is 66.2 Å². The number of likely N-dealkylation sites (N-methyl/N-ethyl adjacent to an activating group) is 1. The third-order valence-corrected chi connectivity index (χ3v) is 2.05. The summed E-state index contributed by atoms with van der Waals surface area (Å²) in [5.74, 6) is 0.242. The van der Waals surface area contributed by atoms with Crippen molar-refractivity contribution in [3.8, 4) is 6.07 Å². The molecule has 0 aromatic carbocycles. The van der Waals surface area contributed by atoms with E-state index in [9.17, 15) is 4.79 Å². The van der Waals surface area contributed by atoms with Gasteiger partial charge in [0.05, 0.1) is 18.7 Å². The molecule has 0 bridgehead atoms. The lowest BCUT2D eigenvalue weighted by Crippen LogP contribution is -2.27. The largest absolute Gasteiger partial charge is 0.468 e. The molecular formula is C11H13N3O2. The van der Waals surface area contributed by atoms with Crippen LogP contribution in [-0.4, -0.2) is 31.7 Å². The number of esters is 1. The quantitative estimate of drug-likeness (QED) is 0.706. The van der Waals surface area contributed by atoms with Gasteiger partial charge in [0.1, 0.15) is 12.4 Å². The first-order valence-electron chi connectivity index (χ1n) is 4.73. The molecule has 0 spiro atoms. The van der Waals surface area contributed by atoms with E-state index >= 15 is 0 Å². The average Bonchev–Trinajstić information content (AvgIpc) is 2.27. The number of aromatic nitrogens is 1. The maximum atomic E-state index is 11.1. The summed E-state index contributed by atoms with van der Waals surface area (Å²) in [6.45, 7) is 1.91. The van der Waals surface area contributed by atoms with Crippen LogP contribution in [0.4, 0.5) is 5.82 Å². The second-order valence-corrected chi connectivity index (χ2v) is 3.40. The highest BCUT2D eigenvalue weighted by Crippen LogP contribution is 2.12. The summed E-state index contributed by atoms with van der Waals surface area (Å²) < 4.78 is 4.56. The highest BCUT2D eigenvalue weighted by Gasteiger charge is 2.09. The Hall–Kier alpha value is -2.09. The molecule has 84 valence electrons. The van der Waals surface area contributed by atoms with Crippen molar-refractivity contribution in [1.82, 2.24) is 4.98 Å². The molecule has 0 amide bonds. The summed E-state index contributed by atoms with van der Waals surface area (Å²) in [6.07, 6.45) is 0. The zero-order chi connectivity index (χ0) is 12.1. The first-order chi connectivity index (χ1) is 7.56. The molecule has 5 nitrogen and oxygen atoms in total. The van der Waals surface area contributed by atoms with Crippen LogP contribution in [0.1, 0.15) is 11.3 Å². The van der Waals surface area contributed by atoms with Gasteiger partial charge < -0.3 is 9.64 Å². The van der Waals surface area contributed by atoms with Crippen molar-refractivity contribution in [1.29, 1.82) is 5.26 Å². The van der Waals surface area contributed by atoms with Crippen LogP contribution < -0.4 is 4.90 Å². The van der Waals surface area contributed by atoms with Gasteiger partial charge in [-0.25, -0.2) is 4.98 Å². The van der Waals surface area contributed by atoms with Gasteiger partial charge in [-0.15, -0.1) is 0 Å². The Kier molecular flexibility index (Phi) is 3.84. The van der Waals surface area contributed by atoms with Crippen LogP contribution in [0.15, 0.2) is 12.1 Å². The number of nitrogens with zero attached hydrogens (tertiary/aromatic N) is 3. The Morgan fingerprint density at radius 1 is 1.62 bits per heavy atom. The predicted molar refractivity (Wildman–Crippen MR) is 59.0 cm³/mol. The van der Waals surface area contributed by atoms with Gasteiger partial charge in [0.2, 0.25) is 0 Å². The van der Waals surface area contributed by atoms with Gasteiger partial charge in [0, 0.05) is 12.7 Å². The maximum Gasteiger partial charge on any atom is 0.325 e. The van der Waals surface area contributed by atoms with E-state index in [2.05, 4.69) is 9.72 Å². The lowest BCUT2D eigenvalue weighted by molar-refractivity contribution is -0.138. The normalized spacial score (nSPS) is 9.38. The van der Waals surface area contributed by atoms with Crippen molar-refractivity contribution in [2.75, 3.05) is 25.6 Å².